The lowest BCUT2D eigenvalue weighted by Gasteiger charge is -2.15. The maximum atomic E-state index is 12.4. The number of ether oxygens (including phenoxy) is 2. The lowest BCUT2D eigenvalue weighted by atomic mass is 10.0. The fourth-order valence-corrected chi connectivity index (χ4v) is 2.80. The number of nitrogens with one attached hydrogen (secondary N) is 1. The number of benzene rings is 2. The van der Waals surface area contributed by atoms with Gasteiger partial charge in [0.1, 0.15) is 16.0 Å². The topological polar surface area (TPSA) is 47.6 Å². The third-order valence-corrected chi connectivity index (χ3v) is 4.43. The third-order valence-electron chi connectivity index (χ3n) is 3.65. The lowest BCUT2D eigenvalue weighted by Crippen LogP contribution is -2.27. The normalized spacial score (nSPS) is 11.7. The molecule has 0 radical (unpaired) electrons. The van der Waals surface area contributed by atoms with E-state index in [1.54, 1.807) is 26.4 Å². The smallest absolute Gasteiger partial charge is 0.251 e. The molecule has 0 heterocycles. The molecule has 1 amide bonds. The van der Waals surface area contributed by atoms with Gasteiger partial charge in [-0.15, -0.1) is 0 Å². The van der Waals surface area contributed by atoms with Gasteiger partial charge in [0, 0.05) is 12.1 Å². The Morgan fingerprint density at radius 3 is 2.22 bits per heavy atom. The van der Waals surface area contributed by atoms with Gasteiger partial charge in [0.25, 0.3) is 5.91 Å². The summed E-state index contributed by atoms with van der Waals surface area (Å²) in [6.45, 7) is 2.64. The van der Waals surface area contributed by atoms with Gasteiger partial charge in [0.2, 0.25) is 0 Å². The number of methoxy groups -OCH3 is 2. The Morgan fingerprint density at radius 2 is 1.70 bits per heavy atom. The Bertz CT molecular complexity index is 648. The van der Waals surface area contributed by atoms with E-state index in [-0.39, 0.29) is 11.8 Å². The summed E-state index contributed by atoms with van der Waals surface area (Å²) in [5.74, 6) is 1.20. The molecule has 4 nitrogen and oxygen atoms in total. The van der Waals surface area contributed by atoms with Crippen LogP contribution in [0.25, 0.3) is 0 Å². The summed E-state index contributed by atoms with van der Waals surface area (Å²) in [4.78, 5) is 12.4. The molecule has 1 N–H and O–H groups in total. The van der Waals surface area contributed by atoms with E-state index < -0.39 is 0 Å². The van der Waals surface area contributed by atoms with E-state index in [1.807, 2.05) is 18.2 Å². The maximum absolute atomic E-state index is 12.4. The molecule has 2 aromatic carbocycles. The van der Waals surface area contributed by atoms with Gasteiger partial charge in [-0.2, -0.15) is 0 Å². The second kappa shape index (κ2) is 8.02. The first-order valence-corrected chi connectivity index (χ1v) is 8.10. The minimum Gasteiger partial charge on any atom is -0.495 e. The summed E-state index contributed by atoms with van der Waals surface area (Å²) >= 11 is 3.40. The van der Waals surface area contributed by atoms with Gasteiger partial charge in [-0.05, 0) is 39.5 Å². The Balaban J connectivity index is 2.09. The Labute approximate surface area is 144 Å². The molecule has 2 aromatic rings. The van der Waals surface area contributed by atoms with Gasteiger partial charge in [-0.25, -0.2) is 0 Å². The van der Waals surface area contributed by atoms with Crippen LogP contribution < -0.4 is 14.8 Å². The number of hydrogen-bond donors (Lipinski definition) is 1. The van der Waals surface area contributed by atoms with Crippen molar-refractivity contribution in [3.63, 3.8) is 0 Å². The zero-order valence-electron chi connectivity index (χ0n) is 13.4. The molecule has 0 spiro atoms. The zero-order chi connectivity index (χ0) is 16.8. The molecule has 0 aliphatic carbocycles. The Hall–Kier alpha value is -2.01. The molecule has 0 aromatic heterocycles. The lowest BCUT2D eigenvalue weighted by molar-refractivity contribution is 0.0951. The minimum absolute atomic E-state index is 0.156. The number of carbonyl (C=O) groups is 1. The first-order chi connectivity index (χ1) is 11.1. The largest absolute Gasteiger partial charge is 0.495 e. The van der Waals surface area contributed by atoms with E-state index in [0.29, 0.717) is 28.1 Å². The summed E-state index contributed by atoms with van der Waals surface area (Å²) in [6.07, 6.45) is 0. The molecule has 23 heavy (non-hydrogen) atoms. The van der Waals surface area contributed by atoms with Gasteiger partial charge >= 0.3 is 0 Å². The fourth-order valence-electron chi connectivity index (χ4n) is 2.25. The molecule has 5 heteroatoms. The molecular formula is C18H20BrNO3. The highest BCUT2D eigenvalue weighted by Crippen LogP contribution is 2.35. The maximum Gasteiger partial charge on any atom is 0.251 e. The summed E-state index contributed by atoms with van der Waals surface area (Å²) in [7, 11) is 3.11. The number of rotatable bonds is 6. The van der Waals surface area contributed by atoms with Crippen LogP contribution in [0.4, 0.5) is 0 Å². The average molecular weight is 378 g/mol. The van der Waals surface area contributed by atoms with Crippen LogP contribution in [0.2, 0.25) is 0 Å². The summed E-state index contributed by atoms with van der Waals surface area (Å²) in [5.41, 5.74) is 1.70. The Morgan fingerprint density at radius 1 is 1.13 bits per heavy atom. The second-order valence-electron chi connectivity index (χ2n) is 5.22. The number of carbonyl (C=O) groups excluding carboxylic acids is 1. The molecule has 0 unspecified atom stereocenters. The number of amides is 1. The van der Waals surface area contributed by atoms with Crippen LogP contribution in [0.15, 0.2) is 46.9 Å². The van der Waals surface area contributed by atoms with Crippen molar-refractivity contribution < 1.29 is 14.3 Å². The van der Waals surface area contributed by atoms with Crippen molar-refractivity contribution in [3.05, 3.63) is 58.1 Å². The number of halogens is 1. The van der Waals surface area contributed by atoms with Gasteiger partial charge in [-0.1, -0.05) is 37.3 Å². The van der Waals surface area contributed by atoms with Gasteiger partial charge in [0.15, 0.2) is 0 Å². The van der Waals surface area contributed by atoms with E-state index in [0.717, 1.165) is 0 Å². The van der Waals surface area contributed by atoms with Gasteiger partial charge in [0.05, 0.1) is 14.2 Å². The standard InChI is InChI=1S/C18H20BrNO3/c1-12(13-7-5-4-6-8-13)11-20-18(21)14-9-15(22-2)17(19)16(10-14)23-3/h4-10,12H,11H2,1-3H3,(H,20,21)/t12-/m0/s1. The van der Waals surface area contributed by atoms with E-state index in [1.165, 1.54) is 5.56 Å². The summed E-state index contributed by atoms with van der Waals surface area (Å²) < 4.78 is 11.2. The van der Waals surface area contributed by atoms with Gasteiger partial charge < -0.3 is 14.8 Å². The average Bonchev–Trinajstić information content (AvgIpc) is 2.60. The molecule has 0 aliphatic heterocycles. The number of hydrogen-bond acceptors (Lipinski definition) is 3. The van der Waals surface area contributed by atoms with E-state index in [4.69, 9.17) is 9.47 Å². The van der Waals surface area contributed by atoms with E-state index in [9.17, 15) is 4.79 Å². The minimum atomic E-state index is -0.156. The molecule has 0 fully saturated rings. The Kier molecular flexibility index (Phi) is 6.04. The van der Waals surface area contributed by atoms with E-state index >= 15 is 0 Å². The highest BCUT2D eigenvalue weighted by atomic mass is 79.9. The van der Waals surface area contributed by atoms with Crippen molar-refractivity contribution in [3.8, 4) is 11.5 Å². The molecule has 0 saturated carbocycles. The van der Waals surface area contributed by atoms with Crippen molar-refractivity contribution in [1.82, 2.24) is 5.32 Å². The van der Waals surface area contributed by atoms with Crippen LogP contribution in [0.3, 0.4) is 0 Å². The van der Waals surface area contributed by atoms with Crippen LogP contribution in [0, 0.1) is 0 Å². The predicted octanol–water partition coefficient (Wildman–Crippen LogP) is 4.00. The second-order valence-corrected chi connectivity index (χ2v) is 6.01. The third kappa shape index (κ3) is 4.26. The predicted molar refractivity (Wildman–Crippen MR) is 94.4 cm³/mol. The molecule has 0 saturated heterocycles. The van der Waals surface area contributed by atoms with Crippen molar-refractivity contribution >= 4 is 21.8 Å². The molecule has 2 rings (SSSR count). The zero-order valence-corrected chi connectivity index (χ0v) is 15.0. The van der Waals surface area contributed by atoms with Crippen LogP contribution in [0.5, 0.6) is 11.5 Å². The summed E-state index contributed by atoms with van der Waals surface area (Å²) in [5, 5.41) is 2.95. The van der Waals surface area contributed by atoms with Crippen LogP contribution in [0.1, 0.15) is 28.8 Å². The SMILES string of the molecule is COc1cc(C(=O)NC[C@H](C)c2ccccc2)cc(OC)c1Br. The van der Waals surface area contributed by atoms with Crippen molar-refractivity contribution in [2.24, 2.45) is 0 Å². The molecular weight excluding hydrogens is 358 g/mol. The molecule has 0 bridgehead atoms. The van der Waals surface area contributed by atoms with Crippen molar-refractivity contribution in [2.75, 3.05) is 20.8 Å². The first-order valence-electron chi connectivity index (χ1n) is 7.31. The molecule has 1 atom stereocenters. The summed E-state index contributed by atoms with van der Waals surface area (Å²) in [6, 6.07) is 13.5. The van der Waals surface area contributed by atoms with Crippen LogP contribution in [-0.4, -0.2) is 26.7 Å². The van der Waals surface area contributed by atoms with Crippen LogP contribution >= 0.6 is 15.9 Å². The monoisotopic (exact) mass is 377 g/mol. The van der Waals surface area contributed by atoms with E-state index in [2.05, 4.69) is 40.3 Å². The highest BCUT2D eigenvalue weighted by molar-refractivity contribution is 9.10. The quantitative estimate of drug-likeness (QED) is 0.827. The van der Waals surface area contributed by atoms with Crippen LogP contribution in [-0.2, 0) is 0 Å². The van der Waals surface area contributed by atoms with Gasteiger partial charge in [-0.3, -0.25) is 4.79 Å². The van der Waals surface area contributed by atoms with Crippen molar-refractivity contribution in [1.29, 1.82) is 0 Å². The first kappa shape index (κ1) is 17.3. The molecule has 122 valence electrons. The van der Waals surface area contributed by atoms with Crippen molar-refractivity contribution in [2.45, 2.75) is 12.8 Å². The molecule has 0 aliphatic rings. The fraction of sp³-hybridized carbons (Fsp3) is 0.278. The highest BCUT2D eigenvalue weighted by Gasteiger charge is 2.15.